The van der Waals surface area contributed by atoms with Crippen LogP contribution in [0.2, 0.25) is 0 Å². The Balaban J connectivity index is 2.59. The molecule has 0 amide bonds. The third-order valence-electron chi connectivity index (χ3n) is 2.70. The zero-order valence-corrected chi connectivity index (χ0v) is 9.95. The van der Waals surface area contributed by atoms with Gasteiger partial charge in [0, 0.05) is 11.6 Å². The lowest BCUT2D eigenvalue weighted by Crippen LogP contribution is -2.07. The normalized spacial score (nSPS) is 10.5. The first kappa shape index (κ1) is 11.5. The largest absolute Gasteiger partial charge is 0.489 e. The lowest BCUT2D eigenvalue weighted by Gasteiger charge is -2.06. The lowest BCUT2D eigenvalue weighted by molar-refractivity contribution is 0.363. The van der Waals surface area contributed by atoms with Gasteiger partial charge < -0.3 is 9.15 Å². The Hall–Kier alpha value is -2.03. The maximum Gasteiger partial charge on any atom is 0.195 e. The number of hydrogen-bond acceptors (Lipinski definition) is 3. The molecule has 0 unspecified atom stereocenters. The van der Waals surface area contributed by atoms with E-state index in [0.717, 1.165) is 0 Å². The third kappa shape index (κ3) is 2.09. The van der Waals surface area contributed by atoms with Crippen molar-refractivity contribution in [3.63, 3.8) is 0 Å². The monoisotopic (exact) mass is 230 g/mol. The van der Waals surface area contributed by atoms with E-state index >= 15 is 0 Å². The molecule has 0 radical (unpaired) electrons. The Bertz CT molecular complexity index is 623. The molecule has 0 aliphatic carbocycles. The molecule has 0 aliphatic rings. The summed E-state index contributed by atoms with van der Waals surface area (Å²) >= 11 is 0. The van der Waals surface area contributed by atoms with Gasteiger partial charge in [0.25, 0.3) is 0 Å². The molecule has 3 nitrogen and oxygen atoms in total. The standard InChI is InChI=1S/C14H14O3/c1-4-7-16-11-5-6-12-13(8-11)17-10(3)9(2)14(12)15/h4-6,8H,1,7H2,2-3H3. The van der Waals surface area contributed by atoms with E-state index in [0.29, 0.717) is 34.6 Å². The molecule has 2 rings (SSSR count). The fraction of sp³-hybridized carbons (Fsp3) is 0.214. The van der Waals surface area contributed by atoms with E-state index in [1.54, 1.807) is 38.1 Å². The van der Waals surface area contributed by atoms with Gasteiger partial charge in [0.2, 0.25) is 0 Å². The summed E-state index contributed by atoms with van der Waals surface area (Å²) in [4.78, 5) is 12.0. The summed E-state index contributed by atoms with van der Waals surface area (Å²) in [5.41, 5.74) is 1.22. The van der Waals surface area contributed by atoms with Crippen molar-refractivity contribution in [1.29, 1.82) is 0 Å². The zero-order valence-electron chi connectivity index (χ0n) is 9.95. The summed E-state index contributed by atoms with van der Waals surface area (Å²) in [6.45, 7) is 7.56. The molecular weight excluding hydrogens is 216 g/mol. The average molecular weight is 230 g/mol. The van der Waals surface area contributed by atoms with Gasteiger partial charge in [-0.3, -0.25) is 4.79 Å². The molecule has 0 aliphatic heterocycles. The van der Waals surface area contributed by atoms with Crippen molar-refractivity contribution in [3.05, 3.63) is 52.4 Å². The predicted molar refractivity (Wildman–Crippen MR) is 67.7 cm³/mol. The van der Waals surface area contributed by atoms with Crippen LogP contribution in [0.5, 0.6) is 5.75 Å². The van der Waals surface area contributed by atoms with E-state index < -0.39 is 0 Å². The van der Waals surface area contributed by atoms with E-state index in [9.17, 15) is 4.79 Å². The van der Waals surface area contributed by atoms with Crippen LogP contribution in [0.3, 0.4) is 0 Å². The summed E-state index contributed by atoms with van der Waals surface area (Å²) < 4.78 is 11.0. The van der Waals surface area contributed by atoms with E-state index in [1.165, 1.54) is 0 Å². The summed E-state index contributed by atoms with van der Waals surface area (Å²) in [6.07, 6.45) is 1.67. The van der Waals surface area contributed by atoms with Gasteiger partial charge in [-0.25, -0.2) is 0 Å². The average Bonchev–Trinajstić information content (AvgIpc) is 2.33. The highest BCUT2D eigenvalue weighted by Crippen LogP contribution is 2.20. The van der Waals surface area contributed by atoms with Crippen molar-refractivity contribution in [1.82, 2.24) is 0 Å². The third-order valence-corrected chi connectivity index (χ3v) is 2.70. The van der Waals surface area contributed by atoms with Gasteiger partial charge in [-0.1, -0.05) is 12.7 Å². The van der Waals surface area contributed by atoms with Crippen LogP contribution in [0.4, 0.5) is 0 Å². The van der Waals surface area contributed by atoms with Crippen molar-refractivity contribution < 1.29 is 9.15 Å². The molecule has 88 valence electrons. The molecule has 2 aromatic rings. The first-order chi connectivity index (χ1) is 8.13. The van der Waals surface area contributed by atoms with Crippen LogP contribution in [-0.4, -0.2) is 6.61 Å². The van der Waals surface area contributed by atoms with Crippen molar-refractivity contribution in [2.75, 3.05) is 6.61 Å². The molecule has 17 heavy (non-hydrogen) atoms. The maximum atomic E-state index is 12.0. The Morgan fingerprint density at radius 3 is 2.88 bits per heavy atom. The zero-order chi connectivity index (χ0) is 12.4. The van der Waals surface area contributed by atoms with Crippen LogP contribution in [0.1, 0.15) is 11.3 Å². The van der Waals surface area contributed by atoms with Gasteiger partial charge in [-0.15, -0.1) is 0 Å². The van der Waals surface area contributed by atoms with Crippen LogP contribution >= 0.6 is 0 Å². The minimum Gasteiger partial charge on any atom is -0.489 e. The number of rotatable bonds is 3. The van der Waals surface area contributed by atoms with Crippen molar-refractivity contribution >= 4 is 11.0 Å². The van der Waals surface area contributed by atoms with Gasteiger partial charge >= 0.3 is 0 Å². The molecular formula is C14H14O3. The quantitative estimate of drug-likeness (QED) is 0.761. The van der Waals surface area contributed by atoms with Gasteiger partial charge in [0.05, 0.1) is 5.39 Å². The molecule has 1 aromatic heterocycles. The molecule has 0 atom stereocenters. The van der Waals surface area contributed by atoms with E-state index in [2.05, 4.69) is 6.58 Å². The van der Waals surface area contributed by atoms with Crippen LogP contribution in [0.15, 0.2) is 40.1 Å². The molecule has 3 heteroatoms. The van der Waals surface area contributed by atoms with Gasteiger partial charge in [0.1, 0.15) is 23.7 Å². The van der Waals surface area contributed by atoms with Gasteiger partial charge in [0.15, 0.2) is 5.43 Å². The van der Waals surface area contributed by atoms with Crippen molar-refractivity contribution in [2.45, 2.75) is 13.8 Å². The van der Waals surface area contributed by atoms with Crippen LogP contribution in [0.25, 0.3) is 11.0 Å². The van der Waals surface area contributed by atoms with E-state index in [-0.39, 0.29) is 5.43 Å². The lowest BCUT2D eigenvalue weighted by atomic mass is 10.1. The first-order valence-corrected chi connectivity index (χ1v) is 5.41. The molecule has 0 saturated heterocycles. The minimum absolute atomic E-state index is 0.0130. The number of benzene rings is 1. The molecule has 1 aromatic carbocycles. The Morgan fingerprint density at radius 1 is 1.41 bits per heavy atom. The number of aryl methyl sites for hydroxylation is 1. The smallest absolute Gasteiger partial charge is 0.195 e. The minimum atomic E-state index is 0.0130. The Morgan fingerprint density at radius 2 is 2.18 bits per heavy atom. The second kappa shape index (κ2) is 4.45. The first-order valence-electron chi connectivity index (χ1n) is 5.41. The Kier molecular flexibility index (Phi) is 3.00. The highest BCUT2D eigenvalue weighted by atomic mass is 16.5. The molecule has 0 N–H and O–H groups in total. The molecule has 0 bridgehead atoms. The highest BCUT2D eigenvalue weighted by molar-refractivity contribution is 5.78. The topological polar surface area (TPSA) is 39.4 Å². The van der Waals surface area contributed by atoms with Gasteiger partial charge in [-0.2, -0.15) is 0 Å². The van der Waals surface area contributed by atoms with Crippen LogP contribution < -0.4 is 10.2 Å². The molecule has 0 spiro atoms. The molecule has 0 fully saturated rings. The highest BCUT2D eigenvalue weighted by Gasteiger charge is 2.08. The van der Waals surface area contributed by atoms with E-state index in [4.69, 9.17) is 9.15 Å². The molecule has 1 heterocycles. The van der Waals surface area contributed by atoms with E-state index in [1.807, 2.05) is 0 Å². The molecule has 0 saturated carbocycles. The second-order valence-corrected chi connectivity index (χ2v) is 3.87. The summed E-state index contributed by atoms with van der Waals surface area (Å²) in [6, 6.07) is 5.22. The summed E-state index contributed by atoms with van der Waals surface area (Å²) in [5.74, 6) is 1.31. The fourth-order valence-corrected chi connectivity index (χ4v) is 1.62. The summed E-state index contributed by atoms with van der Waals surface area (Å²) in [5, 5.41) is 0.582. The number of hydrogen-bond donors (Lipinski definition) is 0. The van der Waals surface area contributed by atoms with Crippen molar-refractivity contribution in [3.8, 4) is 5.75 Å². The van der Waals surface area contributed by atoms with Gasteiger partial charge in [-0.05, 0) is 26.0 Å². The number of ether oxygens (including phenoxy) is 1. The van der Waals surface area contributed by atoms with Crippen LogP contribution in [0, 0.1) is 13.8 Å². The predicted octanol–water partition coefficient (Wildman–Crippen LogP) is 2.97. The maximum absolute atomic E-state index is 12.0. The summed E-state index contributed by atoms with van der Waals surface area (Å²) in [7, 11) is 0. The number of fused-ring (bicyclic) bond motifs is 1. The van der Waals surface area contributed by atoms with Crippen molar-refractivity contribution in [2.24, 2.45) is 0 Å². The SMILES string of the molecule is C=CCOc1ccc2c(=O)c(C)c(C)oc2c1. The Labute approximate surface area is 99.3 Å². The fourth-order valence-electron chi connectivity index (χ4n) is 1.62. The van der Waals surface area contributed by atoms with Crippen LogP contribution in [-0.2, 0) is 0 Å². The second-order valence-electron chi connectivity index (χ2n) is 3.87.